The van der Waals surface area contributed by atoms with Gasteiger partial charge in [-0.3, -0.25) is 4.79 Å². The standard InChI is InChI=1S/C25H30ClN5O2/c1-3-31-24-20(14-27-31)23(29-19-10-12-33-13-11-19)21(22(30-24)17-4-5-17)25(32)28-15(2)16-6-8-18(26)9-7-16/h6-9,14-15,17,19H,3-5,10-13H2,1-2H3,(H,28,32)(H,29,30). The average Bonchev–Trinajstić information content (AvgIpc) is 3.59. The third-order valence-electron chi connectivity index (χ3n) is 6.59. The van der Waals surface area contributed by atoms with Gasteiger partial charge < -0.3 is 15.4 Å². The Morgan fingerprint density at radius 1 is 1.21 bits per heavy atom. The molecule has 0 bridgehead atoms. The number of nitrogens with zero attached hydrogens (tertiary/aromatic N) is 3. The zero-order valence-electron chi connectivity index (χ0n) is 19.1. The van der Waals surface area contributed by atoms with Crippen LogP contribution in [-0.4, -0.2) is 39.9 Å². The third-order valence-corrected chi connectivity index (χ3v) is 6.84. The highest BCUT2D eigenvalue weighted by atomic mass is 35.5. The number of hydrogen-bond acceptors (Lipinski definition) is 5. The Bertz CT molecular complexity index is 1150. The minimum absolute atomic E-state index is 0.104. The Balaban J connectivity index is 1.56. The first-order valence-corrected chi connectivity index (χ1v) is 12.2. The van der Waals surface area contributed by atoms with Crippen LogP contribution in [0.4, 0.5) is 5.69 Å². The van der Waals surface area contributed by atoms with Crippen molar-refractivity contribution in [1.82, 2.24) is 20.1 Å². The SMILES string of the molecule is CCn1ncc2c(NC3CCOCC3)c(C(=O)NC(C)c3ccc(Cl)cc3)c(C3CC3)nc21. The van der Waals surface area contributed by atoms with Crippen LogP contribution in [0.15, 0.2) is 30.5 Å². The molecule has 2 aromatic heterocycles. The summed E-state index contributed by atoms with van der Waals surface area (Å²) in [5.41, 5.74) is 4.25. The zero-order valence-corrected chi connectivity index (χ0v) is 19.9. The van der Waals surface area contributed by atoms with E-state index in [1.807, 2.05) is 42.1 Å². The summed E-state index contributed by atoms with van der Waals surface area (Å²) >= 11 is 6.04. The largest absolute Gasteiger partial charge is 0.381 e. The van der Waals surface area contributed by atoms with E-state index in [1.165, 1.54) is 0 Å². The smallest absolute Gasteiger partial charge is 0.255 e. The third kappa shape index (κ3) is 4.57. The molecule has 1 aromatic carbocycles. The van der Waals surface area contributed by atoms with Crippen molar-refractivity contribution in [2.75, 3.05) is 18.5 Å². The number of carbonyl (C=O) groups is 1. The van der Waals surface area contributed by atoms with Gasteiger partial charge in [-0.1, -0.05) is 23.7 Å². The van der Waals surface area contributed by atoms with E-state index in [4.69, 9.17) is 21.3 Å². The van der Waals surface area contributed by atoms with Gasteiger partial charge in [-0.15, -0.1) is 0 Å². The summed E-state index contributed by atoms with van der Waals surface area (Å²) in [5.74, 6) is 0.212. The molecule has 2 N–H and O–H groups in total. The number of pyridine rings is 1. The first-order valence-electron chi connectivity index (χ1n) is 11.8. The van der Waals surface area contributed by atoms with Crippen molar-refractivity contribution in [3.05, 3.63) is 52.3 Å². The van der Waals surface area contributed by atoms with Gasteiger partial charge in [-0.2, -0.15) is 5.10 Å². The van der Waals surface area contributed by atoms with Crippen molar-refractivity contribution in [1.29, 1.82) is 0 Å². The van der Waals surface area contributed by atoms with Crippen LogP contribution in [-0.2, 0) is 11.3 Å². The van der Waals surface area contributed by atoms with Crippen LogP contribution in [0.2, 0.25) is 5.02 Å². The van der Waals surface area contributed by atoms with Gasteiger partial charge in [-0.05, 0) is 57.2 Å². The Kier molecular flexibility index (Phi) is 6.25. The van der Waals surface area contributed by atoms with Gasteiger partial charge in [0.05, 0.1) is 34.6 Å². The summed E-state index contributed by atoms with van der Waals surface area (Å²) in [5, 5.41) is 13.0. The topological polar surface area (TPSA) is 81.1 Å². The number of anilines is 1. The number of nitrogens with one attached hydrogen (secondary N) is 2. The maximum absolute atomic E-state index is 13.8. The van der Waals surface area contributed by atoms with Crippen molar-refractivity contribution in [2.24, 2.45) is 0 Å². The van der Waals surface area contributed by atoms with Crippen LogP contribution < -0.4 is 10.6 Å². The highest BCUT2D eigenvalue weighted by molar-refractivity contribution is 6.30. The van der Waals surface area contributed by atoms with Crippen LogP contribution in [0, 0.1) is 0 Å². The van der Waals surface area contributed by atoms with Crippen molar-refractivity contribution in [2.45, 2.75) is 64.1 Å². The Morgan fingerprint density at radius 3 is 2.61 bits per heavy atom. The molecule has 1 aliphatic carbocycles. The summed E-state index contributed by atoms with van der Waals surface area (Å²) in [6.07, 6.45) is 5.77. The fourth-order valence-corrected chi connectivity index (χ4v) is 4.64. The lowest BCUT2D eigenvalue weighted by molar-refractivity contribution is 0.0903. The lowest BCUT2D eigenvalue weighted by Gasteiger charge is -2.27. The molecule has 1 saturated heterocycles. The molecular formula is C25H30ClN5O2. The molecule has 7 nitrogen and oxygen atoms in total. The number of halogens is 1. The molecule has 3 heterocycles. The maximum Gasteiger partial charge on any atom is 0.255 e. The number of aromatic nitrogens is 3. The number of rotatable bonds is 7. The van der Waals surface area contributed by atoms with Crippen LogP contribution in [0.5, 0.6) is 0 Å². The van der Waals surface area contributed by atoms with Crippen molar-refractivity contribution in [3.63, 3.8) is 0 Å². The van der Waals surface area contributed by atoms with Gasteiger partial charge in [0.2, 0.25) is 0 Å². The van der Waals surface area contributed by atoms with E-state index >= 15 is 0 Å². The first kappa shape index (κ1) is 22.2. The van der Waals surface area contributed by atoms with Gasteiger partial charge in [0.15, 0.2) is 5.65 Å². The number of hydrogen-bond donors (Lipinski definition) is 2. The Morgan fingerprint density at radius 2 is 1.94 bits per heavy atom. The quantitative estimate of drug-likeness (QED) is 0.507. The molecule has 0 spiro atoms. The number of carbonyl (C=O) groups excluding carboxylic acids is 1. The molecule has 2 aliphatic rings. The average molecular weight is 468 g/mol. The predicted molar refractivity (Wildman–Crippen MR) is 130 cm³/mol. The monoisotopic (exact) mass is 467 g/mol. The molecule has 174 valence electrons. The molecule has 0 radical (unpaired) electrons. The maximum atomic E-state index is 13.8. The molecule has 5 rings (SSSR count). The van der Waals surface area contributed by atoms with Crippen molar-refractivity contribution >= 4 is 34.2 Å². The summed E-state index contributed by atoms with van der Waals surface area (Å²) < 4.78 is 7.46. The second kappa shape index (κ2) is 9.31. The normalized spacial score (nSPS) is 17.8. The molecule has 3 aromatic rings. The molecule has 1 saturated carbocycles. The molecule has 8 heteroatoms. The lowest BCUT2D eigenvalue weighted by Crippen LogP contribution is -2.32. The summed E-state index contributed by atoms with van der Waals surface area (Å²) in [6.45, 7) is 6.24. The molecule has 33 heavy (non-hydrogen) atoms. The number of benzene rings is 1. The molecule has 1 amide bonds. The van der Waals surface area contributed by atoms with E-state index < -0.39 is 0 Å². The molecular weight excluding hydrogens is 438 g/mol. The highest BCUT2D eigenvalue weighted by Crippen LogP contribution is 2.44. The number of fused-ring (bicyclic) bond motifs is 1. The van der Waals surface area contributed by atoms with Gasteiger partial charge in [0.1, 0.15) is 0 Å². The van der Waals surface area contributed by atoms with Crippen molar-refractivity contribution in [3.8, 4) is 0 Å². The second-order valence-electron chi connectivity index (χ2n) is 9.00. The van der Waals surface area contributed by atoms with E-state index in [0.717, 1.165) is 73.4 Å². The summed E-state index contributed by atoms with van der Waals surface area (Å²) in [4.78, 5) is 18.8. The Hall–Kier alpha value is -2.64. The van der Waals surface area contributed by atoms with Crippen LogP contribution >= 0.6 is 11.6 Å². The van der Waals surface area contributed by atoms with Crippen LogP contribution in [0.3, 0.4) is 0 Å². The van der Waals surface area contributed by atoms with Gasteiger partial charge in [0, 0.05) is 36.7 Å². The van der Waals surface area contributed by atoms with E-state index in [9.17, 15) is 4.79 Å². The molecule has 1 aliphatic heterocycles. The van der Waals surface area contributed by atoms with Crippen molar-refractivity contribution < 1.29 is 9.53 Å². The van der Waals surface area contributed by atoms with E-state index in [2.05, 4.69) is 22.7 Å². The molecule has 1 atom stereocenters. The van der Waals surface area contributed by atoms with Gasteiger partial charge in [0.25, 0.3) is 5.91 Å². The zero-order chi connectivity index (χ0) is 22.9. The molecule has 2 fully saturated rings. The highest BCUT2D eigenvalue weighted by Gasteiger charge is 2.34. The summed E-state index contributed by atoms with van der Waals surface area (Å²) in [6, 6.07) is 7.68. The van der Waals surface area contributed by atoms with E-state index in [-0.39, 0.29) is 18.0 Å². The number of aryl methyl sites for hydroxylation is 1. The lowest BCUT2D eigenvalue weighted by atomic mass is 10.0. The van der Waals surface area contributed by atoms with Crippen LogP contribution in [0.1, 0.15) is 73.1 Å². The minimum atomic E-state index is -0.160. The number of ether oxygens (including phenoxy) is 1. The first-order chi connectivity index (χ1) is 16.0. The Labute approximate surface area is 198 Å². The fourth-order valence-electron chi connectivity index (χ4n) is 4.52. The molecule has 1 unspecified atom stereocenters. The second-order valence-corrected chi connectivity index (χ2v) is 9.43. The predicted octanol–water partition coefficient (Wildman–Crippen LogP) is 5.06. The van der Waals surface area contributed by atoms with E-state index in [1.54, 1.807) is 0 Å². The van der Waals surface area contributed by atoms with Gasteiger partial charge in [-0.25, -0.2) is 9.67 Å². The van der Waals surface area contributed by atoms with E-state index in [0.29, 0.717) is 16.5 Å². The number of amides is 1. The van der Waals surface area contributed by atoms with Crippen LogP contribution in [0.25, 0.3) is 11.0 Å². The fraction of sp³-hybridized carbons (Fsp3) is 0.480. The van der Waals surface area contributed by atoms with Gasteiger partial charge >= 0.3 is 0 Å². The summed E-state index contributed by atoms with van der Waals surface area (Å²) in [7, 11) is 0. The minimum Gasteiger partial charge on any atom is -0.381 e.